The molecule has 2 aliphatic heterocycles. The maximum atomic E-state index is 15.1. The Hall–Kier alpha value is -5.29. The minimum atomic E-state index is -1.79. The fourth-order valence-electron chi connectivity index (χ4n) is 7.07. The summed E-state index contributed by atoms with van der Waals surface area (Å²) in [5.41, 5.74) is 0.243. The number of amides is 1. The van der Waals surface area contributed by atoms with E-state index in [4.69, 9.17) is 0 Å². The highest BCUT2D eigenvalue weighted by Gasteiger charge is 2.63. The summed E-state index contributed by atoms with van der Waals surface area (Å²) in [6, 6.07) is 25.3. The molecule has 1 atom stereocenters. The molecule has 1 aromatic heterocycles. The van der Waals surface area contributed by atoms with Crippen LogP contribution in [0.2, 0.25) is 0 Å². The fraction of sp³-hybridized carbons (Fsp3) is 0.194. The molecule has 1 spiro atoms. The highest BCUT2D eigenvalue weighted by atomic mass is 19.1. The number of hydrogen-bond donors (Lipinski definition) is 0. The maximum Gasteiger partial charge on any atom is 0.248 e. The summed E-state index contributed by atoms with van der Waals surface area (Å²) in [5.74, 6) is -1.35. The molecule has 0 fully saturated rings. The van der Waals surface area contributed by atoms with Crippen LogP contribution in [-0.4, -0.2) is 16.3 Å². The van der Waals surface area contributed by atoms with Gasteiger partial charge in [-0.05, 0) is 54.3 Å². The number of rotatable bonds is 4. The SMILES string of the molecule is CC1(C)CC(=O)C2=C(C1)N(c1cccc(F)c1)C(n1cccc1)=C(C#N)C21C(=O)N(Cc2ccccc2F)c2ccccc21. The number of Topliss-reactive ketones (excluding diaryl/α,β-unsaturated/α-hetero) is 1. The first-order valence-corrected chi connectivity index (χ1v) is 14.4. The summed E-state index contributed by atoms with van der Waals surface area (Å²) in [5, 5.41) is 11.1. The first-order valence-electron chi connectivity index (χ1n) is 14.4. The second-order valence-corrected chi connectivity index (χ2v) is 12.2. The van der Waals surface area contributed by atoms with Gasteiger partial charge in [0.25, 0.3) is 0 Å². The summed E-state index contributed by atoms with van der Waals surface area (Å²) in [6.07, 6.45) is 4.07. The molecule has 6 nitrogen and oxygen atoms in total. The molecule has 1 amide bonds. The molecule has 3 aromatic carbocycles. The Morgan fingerprint density at radius 2 is 1.61 bits per heavy atom. The monoisotopic (exact) mass is 586 g/mol. The summed E-state index contributed by atoms with van der Waals surface area (Å²) < 4.78 is 31.5. The Labute approximate surface area is 253 Å². The minimum Gasteiger partial charge on any atom is -0.309 e. The fourth-order valence-corrected chi connectivity index (χ4v) is 7.07. The van der Waals surface area contributed by atoms with E-state index in [1.807, 2.05) is 13.8 Å². The first-order chi connectivity index (χ1) is 21.2. The predicted octanol–water partition coefficient (Wildman–Crippen LogP) is 7.11. The van der Waals surface area contributed by atoms with Gasteiger partial charge in [-0.3, -0.25) is 14.5 Å². The number of ketones is 1. The third kappa shape index (κ3) is 3.89. The van der Waals surface area contributed by atoms with Gasteiger partial charge in [0.15, 0.2) is 5.78 Å². The standard InChI is InChI=1S/C36H28F2N4O2/c1-35(2)19-30-32(31(43)20-35)36(26-13-4-6-15-29(26)41(34(36)44)22-23-10-3-5-14-28(23)38)27(21-39)33(40-16-7-8-17-40)42(30)25-12-9-11-24(37)18-25/h3-18H,19-20,22H2,1-2H3. The van der Waals surface area contributed by atoms with Crippen LogP contribution in [0, 0.1) is 28.4 Å². The number of carbonyl (C=O) groups excluding carboxylic acids is 2. The lowest BCUT2D eigenvalue weighted by atomic mass is 9.60. The summed E-state index contributed by atoms with van der Waals surface area (Å²) >= 11 is 0. The molecule has 3 aliphatic rings. The van der Waals surface area contributed by atoms with Gasteiger partial charge in [-0.15, -0.1) is 0 Å². The highest BCUT2D eigenvalue weighted by molar-refractivity contribution is 6.22. The Bertz CT molecular complexity index is 1970. The lowest BCUT2D eigenvalue weighted by Gasteiger charge is -2.47. The van der Waals surface area contributed by atoms with E-state index in [0.29, 0.717) is 40.4 Å². The molecule has 218 valence electrons. The number of fused-ring (bicyclic) bond motifs is 3. The number of halogens is 2. The van der Waals surface area contributed by atoms with Gasteiger partial charge in [0.2, 0.25) is 5.91 Å². The summed E-state index contributed by atoms with van der Waals surface area (Å²) in [7, 11) is 0. The van der Waals surface area contributed by atoms with Crippen LogP contribution in [-0.2, 0) is 21.5 Å². The molecule has 0 saturated carbocycles. The van der Waals surface area contributed by atoms with Crippen molar-refractivity contribution in [1.29, 1.82) is 5.26 Å². The van der Waals surface area contributed by atoms with Gasteiger partial charge in [0, 0.05) is 46.9 Å². The van der Waals surface area contributed by atoms with E-state index in [0.717, 1.165) is 0 Å². The molecular formula is C36H28F2N4O2. The molecule has 8 heteroatoms. The zero-order chi connectivity index (χ0) is 30.8. The van der Waals surface area contributed by atoms with Crippen molar-refractivity contribution < 1.29 is 18.4 Å². The molecule has 4 aromatic rings. The minimum absolute atomic E-state index is 0.0400. The number of aromatic nitrogens is 1. The average Bonchev–Trinajstić information content (AvgIpc) is 3.60. The van der Waals surface area contributed by atoms with Crippen molar-refractivity contribution in [1.82, 2.24) is 4.57 Å². The van der Waals surface area contributed by atoms with Crippen LogP contribution >= 0.6 is 0 Å². The smallest absolute Gasteiger partial charge is 0.248 e. The third-order valence-electron chi connectivity index (χ3n) is 8.79. The van der Waals surface area contributed by atoms with Crippen LogP contribution in [0.3, 0.4) is 0 Å². The van der Waals surface area contributed by atoms with Gasteiger partial charge >= 0.3 is 0 Å². The normalized spacial score (nSPS) is 20.7. The van der Waals surface area contributed by atoms with Crippen molar-refractivity contribution in [3.63, 3.8) is 0 Å². The zero-order valence-electron chi connectivity index (χ0n) is 24.2. The van der Waals surface area contributed by atoms with Gasteiger partial charge in [-0.25, -0.2) is 8.78 Å². The summed E-state index contributed by atoms with van der Waals surface area (Å²) in [4.78, 5) is 32.8. The predicted molar refractivity (Wildman–Crippen MR) is 163 cm³/mol. The highest BCUT2D eigenvalue weighted by Crippen LogP contribution is 2.60. The number of para-hydroxylation sites is 1. The van der Waals surface area contributed by atoms with Crippen molar-refractivity contribution in [2.75, 3.05) is 9.80 Å². The number of anilines is 2. The van der Waals surface area contributed by atoms with Crippen LogP contribution in [0.1, 0.15) is 37.8 Å². The van der Waals surface area contributed by atoms with Crippen molar-refractivity contribution in [3.8, 4) is 6.07 Å². The van der Waals surface area contributed by atoms with E-state index in [9.17, 15) is 18.8 Å². The van der Waals surface area contributed by atoms with Crippen molar-refractivity contribution in [3.05, 3.63) is 137 Å². The molecule has 44 heavy (non-hydrogen) atoms. The number of nitriles is 1. The second-order valence-electron chi connectivity index (χ2n) is 12.2. The van der Waals surface area contributed by atoms with E-state index in [1.165, 1.54) is 23.1 Å². The van der Waals surface area contributed by atoms with E-state index in [-0.39, 0.29) is 29.9 Å². The number of nitrogens with zero attached hydrogens (tertiary/aromatic N) is 4. The first kappa shape index (κ1) is 27.5. The van der Waals surface area contributed by atoms with Crippen LogP contribution in [0.15, 0.2) is 114 Å². The van der Waals surface area contributed by atoms with Gasteiger partial charge < -0.3 is 9.47 Å². The third-order valence-corrected chi connectivity index (χ3v) is 8.79. The lowest BCUT2D eigenvalue weighted by molar-refractivity contribution is -0.125. The van der Waals surface area contributed by atoms with Gasteiger partial charge in [0.05, 0.1) is 17.8 Å². The van der Waals surface area contributed by atoms with Crippen LogP contribution in [0.5, 0.6) is 0 Å². The quantitative estimate of drug-likeness (QED) is 0.256. The maximum absolute atomic E-state index is 15.1. The van der Waals surface area contributed by atoms with E-state index < -0.39 is 28.4 Å². The molecule has 0 N–H and O–H groups in total. The van der Waals surface area contributed by atoms with Crippen LogP contribution in [0.4, 0.5) is 20.2 Å². The number of carbonyl (C=O) groups is 2. The van der Waals surface area contributed by atoms with Crippen LogP contribution < -0.4 is 9.80 Å². The summed E-state index contributed by atoms with van der Waals surface area (Å²) in [6.45, 7) is 3.88. The Kier molecular flexibility index (Phi) is 6.19. The lowest BCUT2D eigenvalue weighted by Crippen LogP contribution is -2.53. The molecule has 0 bridgehead atoms. The van der Waals surface area contributed by atoms with Crippen molar-refractivity contribution >= 4 is 28.9 Å². The van der Waals surface area contributed by atoms with E-state index in [2.05, 4.69) is 6.07 Å². The molecule has 7 rings (SSSR count). The van der Waals surface area contributed by atoms with E-state index >= 15 is 4.79 Å². The van der Waals surface area contributed by atoms with Crippen LogP contribution in [0.25, 0.3) is 5.82 Å². The molecule has 0 radical (unpaired) electrons. The van der Waals surface area contributed by atoms with Crippen molar-refractivity contribution in [2.45, 2.75) is 38.6 Å². The molecular weight excluding hydrogens is 558 g/mol. The number of benzene rings is 3. The average molecular weight is 587 g/mol. The van der Waals surface area contributed by atoms with Gasteiger partial charge in [-0.1, -0.05) is 56.3 Å². The number of hydrogen-bond acceptors (Lipinski definition) is 4. The molecule has 3 heterocycles. The Morgan fingerprint density at radius 1 is 0.886 bits per heavy atom. The number of allylic oxidation sites excluding steroid dienone is 1. The largest absolute Gasteiger partial charge is 0.309 e. The van der Waals surface area contributed by atoms with Gasteiger partial charge in [0.1, 0.15) is 28.9 Å². The Morgan fingerprint density at radius 3 is 2.34 bits per heavy atom. The molecule has 1 aliphatic carbocycles. The van der Waals surface area contributed by atoms with Gasteiger partial charge in [-0.2, -0.15) is 5.26 Å². The second kappa shape index (κ2) is 9.88. The Balaban J connectivity index is 1.60. The topological polar surface area (TPSA) is 69.3 Å². The van der Waals surface area contributed by atoms with E-state index in [1.54, 1.807) is 88.6 Å². The molecule has 0 saturated heterocycles. The zero-order valence-corrected chi connectivity index (χ0v) is 24.2. The van der Waals surface area contributed by atoms with Crippen molar-refractivity contribution in [2.24, 2.45) is 5.41 Å². The molecule has 1 unspecified atom stereocenters.